The van der Waals surface area contributed by atoms with E-state index >= 15 is 0 Å². The van der Waals surface area contributed by atoms with Gasteiger partial charge in [-0.15, -0.1) is 0 Å². The number of halogens is 3. The zero-order valence-electron chi connectivity index (χ0n) is 17.8. The van der Waals surface area contributed by atoms with Crippen LogP contribution in [0.2, 0.25) is 5.02 Å². The van der Waals surface area contributed by atoms with Crippen molar-refractivity contribution < 1.29 is 23.1 Å². The van der Waals surface area contributed by atoms with Gasteiger partial charge in [-0.2, -0.15) is 8.78 Å². The molecule has 2 aromatic rings. The molecule has 6 nitrogen and oxygen atoms in total. The van der Waals surface area contributed by atoms with Gasteiger partial charge >= 0.3 is 6.61 Å². The zero-order chi connectivity index (χ0) is 23.2. The van der Waals surface area contributed by atoms with E-state index in [-0.39, 0.29) is 41.4 Å². The van der Waals surface area contributed by atoms with Gasteiger partial charge in [0.05, 0.1) is 5.02 Å². The highest BCUT2D eigenvalue weighted by Gasteiger charge is 2.48. The molecule has 2 N–H and O–H groups in total. The van der Waals surface area contributed by atoms with Gasteiger partial charge in [0.25, 0.3) is 0 Å². The summed E-state index contributed by atoms with van der Waals surface area (Å²) in [6.07, 6.45) is 1.14. The topological polar surface area (TPSA) is 80.3 Å². The molecule has 9 heteroatoms. The number of nitrogens with zero attached hydrogens (tertiary/aromatic N) is 1. The lowest BCUT2D eigenvalue weighted by atomic mass is 9.74. The minimum absolute atomic E-state index is 0.0683. The molecule has 3 rings (SSSR count). The number of anilines is 1. The van der Waals surface area contributed by atoms with Crippen molar-refractivity contribution in [1.29, 1.82) is 0 Å². The molecule has 168 valence electrons. The number of carbonyl (C=O) groups excluding carboxylic acids is 2. The van der Waals surface area contributed by atoms with E-state index in [0.29, 0.717) is 5.56 Å². The number of hydrogen-bond donors (Lipinski definition) is 2. The lowest BCUT2D eigenvalue weighted by molar-refractivity contribution is -0.124. The van der Waals surface area contributed by atoms with Gasteiger partial charge < -0.3 is 15.4 Å². The summed E-state index contributed by atoms with van der Waals surface area (Å²) in [5.41, 5.74) is 0.421. The van der Waals surface area contributed by atoms with Gasteiger partial charge in [-0.3, -0.25) is 9.59 Å². The molecule has 0 spiro atoms. The van der Waals surface area contributed by atoms with Crippen molar-refractivity contribution in [2.75, 3.05) is 11.9 Å². The fourth-order valence-electron chi connectivity index (χ4n) is 3.49. The van der Waals surface area contributed by atoms with Crippen LogP contribution >= 0.6 is 11.6 Å². The van der Waals surface area contributed by atoms with Crippen LogP contribution in [0, 0.1) is 0 Å². The molecule has 1 aliphatic rings. The zero-order valence-corrected chi connectivity index (χ0v) is 18.6. The second kappa shape index (κ2) is 10.5. The largest absolute Gasteiger partial charge is 0.431 e. The monoisotopic (exact) mass is 453 g/mol. The van der Waals surface area contributed by atoms with Gasteiger partial charge in [0.15, 0.2) is 11.6 Å². The minimum atomic E-state index is -3.11. The molecule has 0 radical (unpaired) electrons. The van der Waals surface area contributed by atoms with Gasteiger partial charge in [-0.1, -0.05) is 63.6 Å². The van der Waals surface area contributed by atoms with E-state index in [1.807, 2.05) is 39.8 Å². The Balaban J connectivity index is 0.00000166. The summed E-state index contributed by atoms with van der Waals surface area (Å²) in [6, 6.07) is 8.52. The maximum absolute atomic E-state index is 13.4. The van der Waals surface area contributed by atoms with E-state index in [9.17, 15) is 18.4 Å². The molecule has 1 atom stereocenters. The Kier molecular flexibility index (Phi) is 8.33. The molecule has 0 bridgehead atoms. The third-order valence-electron chi connectivity index (χ3n) is 4.85. The molecule has 1 aromatic carbocycles. The van der Waals surface area contributed by atoms with E-state index in [1.54, 1.807) is 12.1 Å². The van der Waals surface area contributed by atoms with Crippen molar-refractivity contribution in [2.24, 2.45) is 0 Å². The first-order valence-corrected chi connectivity index (χ1v) is 10.4. The number of carbonyl (C=O) groups is 2. The third-order valence-corrected chi connectivity index (χ3v) is 5.06. The first-order chi connectivity index (χ1) is 14.7. The number of hydrogen-bond acceptors (Lipinski definition) is 4. The van der Waals surface area contributed by atoms with Crippen LogP contribution in [0.3, 0.4) is 0 Å². The Hall–Kier alpha value is -2.74. The number of nitrogens with one attached hydrogen (secondary N) is 2. The van der Waals surface area contributed by atoms with E-state index in [0.717, 1.165) is 11.6 Å². The highest BCUT2D eigenvalue weighted by atomic mass is 35.5. The Bertz CT molecular complexity index is 940. The van der Waals surface area contributed by atoms with E-state index in [2.05, 4.69) is 20.4 Å². The summed E-state index contributed by atoms with van der Waals surface area (Å²) in [4.78, 5) is 29.4. The third kappa shape index (κ3) is 5.50. The molecule has 1 saturated heterocycles. The Labute approximate surface area is 185 Å². The quantitative estimate of drug-likeness (QED) is 0.653. The number of ether oxygens (including phenoxy) is 1. The average Bonchev–Trinajstić information content (AvgIpc) is 3.14. The van der Waals surface area contributed by atoms with Gasteiger partial charge in [0, 0.05) is 25.2 Å². The first kappa shape index (κ1) is 24.5. The van der Waals surface area contributed by atoms with Crippen LogP contribution in [0.5, 0.6) is 5.75 Å². The van der Waals surface area contributed by atoms with E-state index < -0.39 is 17.9 Å². The molecule has 1 aliphatic heterocycles. The van der Waals surface area contributed by atoms with Crippen molar-refractivity contribution >= 4 is 29.2 Å². The van der Waals surface area contributed by atoms with Crippen molar-refractivity contribution in [3.05, 3.63) is 52.7 Å². The summed E-state index contributed by atoms with van der Waals surface area (Å²) in [5, 5.41) is 5.34. The summed E-state index contributed by atoms with van der Waals surface area (Å²) in [7, 11) is 0. The van der Waals surface area contributed by atoms with Crippen molar-refractivity contribution in [2.45, 2.75) is 52.1 Å². The minimum Gasteiger partial charge on any atom is -0.431 e. The lowest BCUT2D eigenvalue weighted by Crippen LogP contribution is -2.43. The van der Waals surface area contributed by atoms with Crippen molar-refractivity contribution in [1.82, 2.24) is 10.3 Å². The fraction of sp³-hybridized carbons (Fsp3) is 0.409. The number of amides is 2. The van der Waals surface area contributed by atoms with Crippen LogP contribution in [-0.2, 0) is 15.0 Å². The average molecular weight is 454 g/mol. The van der Waals surface area contributed by atoms with Crippen molar-refractivity contribution in [3.8, 4) is 5.75 Å². The van der Waals surface area contributed by atoms with Gasteiger partial charge in [0.2, 0.25) is 11.8 Å². The summed E-state index contributed by atoms with van der Waals surface area (Å²) >= 11 is 5.81. The molecule has 31 heavy (non-hydrogen) atoms. The number of alkyl halides is 2. The number of aromatic nitrogens is 1. The normalized spacial score (nSPS) is 17.8. The van der Waals surface area contributed by atoms with E-state index in [4.69, 9.17) is 11.6 Å². The molecule has 1 aromatic heterocycles. The SMILES string of the molecule is CC.CC(C)c1ccccc1C1(C(=O)Nc2ncc(Cl)cc2OC(F)F)CNC(=O)C1. The smallest absolute Gasteiger partial charge is 0.387 e. The standard InChI is InChI=1S/C20H20ClF2N3O3.C2H6/c1-11(2)13-5-3-4-6-14(13)20(8-16(27)25-10-20)18(28)26-17-15(29-19(22)23)7-12(21)9-24-17;1-2/h3-7,9,11,19H,8,10H2,1-2H3,(H,25,27)(H,24,26,28);1-2H3. The highest BCUT2D eigenvalue weighted by Crippen LogP contribution is 2.38. The predicted octanol–water partition coefficient (Wildman–Crippen LogP) is 4.88. The Morgan fingerprint density at radius 3 is 2.55 bits per heavy atom. The van der Waals surface area contributed by atoms with E-state index in [1.165, 1.54) is 6.20 Å². The van der Waals surface area contributed by atoms with Gasteiger partial charge in [-0.05, 0) is 17.0 Å². The molecular formula is C22H26ClF2N3O3. The van der Waals surface area contributed by atoms with Crippen LogP contribution in [0.25, 0.3) is 0 Å². The number of benzene rings is 1. The Morgan fingerprint density at radius 2 is 1.97 bits per heavy atom. The summed E-state index contributed by atoms with van der Waals surface area (Å²) < 4.78 is 29.9. The molecule has 2 heterocycles. The van der Waals surface area contributed by atoms with Gasteiger partial charge in [-0.25, -0.2) is 4.98 Å². The predicted molar refractivity (Wildman–Crippen MR) is 116 cm³/mol. The number of rotatable bonds is 6. The molecule has 1 unspecified atom stereocenters. The maximum Gasteiger partial charge on any atom is 0.387 e. The van der Waals surface area contributed by atoms with Crippen LogP contribution in [0.1, 0.15) is 51.2 Å². The van der Waals surface area contributed by atoms with Gasteiger partial charge in [0.1, 0.15) is 5.41 Å². The first-order valence-electron chi connectivity index (χ1n) is 10.0. The molecule has 1 fully saturated rings. The fourth-order valence-corrected chi connectivity index (χ4v) is 3.63. The maximum atomic E-state index is 13.4. The summed E-state index contributed by atoms with van der Waals surface area (Å²) in [6.45, 7) is 4.95. The molecule has 0 saturated carbocycles. The molecule has 0 aliphatic carbocycles. The molecule has 2 amide bonds. The van der Waals surface area contributed by atoms with Crippen LogP contribution in [0.15, 0.2) is 36.5 Å². The highest BCUT2D eigenvalue weighted by molar-refractivity contribution is 6.30. The second-order valence-electron chi connectivity index (χ2n) is 7.11. The number of pyridine rings is 1. The lowest BCUT2D eigenvalue weighted by Gasteiger charge is -2.30. The second-order valence-corrected chi connectivity index (χ2v) is 7.55. The van der Waals surface area contributed by atoms with Crippen LogP contribution < -0.4 is 15.4 Å². The van der Waals surface area contributed by atoms with Crippen LogP contribution in [-0.4, -0.2) is 30.0 Å². The van der Waals surface area contributed by atoms with Crippen LogP contribution in [0.4, 0.5) is 14.6 Å². The molecular weight excluding hydrogens is 428 g/mol. The Morgan fingerprint density at radius 1 is 1.29 bits per heavy atom. The van der Waals surface area contributed by atoms with Crippen molar-refractivity contribution in [3.63, 3.8) is 0 Å². The summed E-state index contributed by atoms with van der Waals surface area (Å²) in [5.74, 6) is -1.26.